The minimum atomic E-state index is -4.73. The lowest BCUT2D eigenvalue weighted by atomic mass is 10.1. The molecule has 2 N–H and O–H groups in total. The summed E-state index contributed by atoms with van der Waals surface area (Å²) in [5.41, 5.74) is 1.45. The first-order chi connectivity index (χ1) is 12.7. The average Bonchev–Trinajstić information content (AvgIpc) is 2.61. The average molecular weight is 399 g/mol. The van der Waals surface area contributed by atoms with E-state index in [1.807, 2.05) is 30.3 Å². The molecule has 0 bridgehead atoms. The summed E-state index contributed by atoms with van der Waals surface area (Å²) in [5, 5.41) is 12.8. The third kappa shape index (κ3) is 7.52. The number of carbonyl (C=O) groups is 1. The number of halogens is 3. The van der Waals surface area contributed by atoms with Crippen LogP contribution >= 0.6 is 11.8 Å². The monoisotopic (exact) mass is 399 g/mol. The molecule has 8 heteroatoms. The predicted octanol–water partition coefficient (Wildman–Crippen LogP) is 4.23. The maximum Gasteiger partial charge on any atom is 0.573 e. The standard InChI is InChI=1S/C19H20F3NO3S/c1-13(14-7-9-16(10-8-14)26-19(20,21)22)23-18(25)12-27-11-17(24)15-5-3-2-4-6-15/h2-10,13,17,24H,11-12H2,1H3,(H,23,25). The third-order valence-corrected chi connectivity index (χ3v) is 4.70. The summed E-state index contributed by atoms with van der Waals surface area (Å²) in [7, 11) is 0. The molecule has 2 atom stereocenters. The molecule has 146 valence electrons. The molecule has 0 aliphatic heterocycles. The molecule has 0 spiro atoms. The van der Waals surface area contributed by atoms with Crippen molar-refractivity contribution in [2.45, 2.75) is 25.4 Å². The summed E-state index contributed by atoms with van der Waals surface area (Å²) in [6, 6.07) is 14.2. The van der Waals surface area contributed by atoms with Crippen LogP contribution in [0.2, 0.25) is 0 Å². The van der Waals surface area contributed by atoms with Crippen molar-refractivity contribution < 1.29 is 27.8 Å². The van der Waals surface area contributed by atoms with E-state index in [0.717, 1.165) is 5.56 Å². The Bertz CT molecular complexity index is 723. The van der Waals surface area contributed by atoms with Crippen molar-refractivity contribution in [2.75, 3.05) is 11.5 Å². The summed E-state index contributed by atoms with van der Waals surface area (Å²) in [4.78, 5) is 12.0. The Morgan fingerprint density at radius 2 is 1.74 bits per heavy atom. The van der Waals surface area contributed by atoms with Gasteiger partial charge in [0.25, 0.3) is 0 Å². The Morgan fingerprint density at radius 3 is 2.33 bits per heavy atom. The molecular weight excluding hydrogens is 379 g/mol. The molecule has 27 heavy (non-hydrogen) atoms. The van der Waals surface area contributed by atoms with E-state index in [1.54, 1.807) is 6.92 Å². The molecule has 2 unspecified atom stereocenters. The molecule has 4 nitrogen and oxygen atoms in total. The smallest absolute Gasteiger partial charge is 0.406 e. The van der Waals surface area contributed by atoms with Crippen LogP contribution in [0.1, 0.15) is 30.2 Å². The Labute approximate surface area is 159 Å². The highest BCUT2D eigenvalue weighted by molar-refractivity contribution is 7.99. The summed E-state index contributed by atoms with van der Waals surface area (Å²) in [6.07, 6.45) is -5.38. The zero-order valence-corrected chi connectivity index (χ0v) is 15.4. The van der Waals surface area contributed by atoms with Crippen molar-refractivity contribution in [1.29, 1.82) is 0 Å². The lowest BCUT2D eigenvalue weighted by molar-refractivity contribution is -0.274. The molecule has 1 amide bonds. The highest BCUT2D eigenvalue weighted by Crippen LogP contribution is 2.24. The molecule has 0 radical (unpaired) electrons. The number of alkyl halides is 3. The molecule has 0 saturated carbocycles. The van der Waals surface area contributed by atoms with Gasteiger partial charge in [0.15, 0.2) is 0 Å². The number of thioether (sulfide) groups is 1. The van der Waals surface area contributed by atoms with Gasteiger partial charge in [-0.1, -0.05) is 42.5 Å². The van der Waals surface area contributed by atoms with Gasteiger partial charge in [-0.25, -0.2) is 0 Å². The fourth-order valence-corrected chi connectivity index (χ4v) is 3.16. The van der Waals surface area contributed by atoms with Crippen LogP contribution in [0, 0.1) is 0 Å². The number of benzene rings is 2. The third-order valence-electron chi connectivity index (χ3n) is 3.68. The van der Waals surface area contributed by atoms with Crippen LogP contribution in [0.15, 0.2) is 54.6 Å². The lowest BCUT2D eigenvalue weighted by Gasteiger charge is -2.16. The van der Waals surface area contributed by atoms with E-state index in [4.69, 9.17) is 0 Å². The Balaban J connectivity index is 1.76. The van der Waals surface area contributed by atoms with Crippen LogP contribution in [0.5, 0.6) is 5.75 Å². The largest absolute Gasteiger partial charge is 0.573 e. The Kier molecular flexibility index (Phi) is 7.55. The molecule has 0 saturated heterocycles. The fourth-order valence-electron chi connectivity index (χ4n) is 2.36. The van der Waals surface area contributed by atoms with Crippen molar-refractivity contribution in [3.63, 3.8) is 0 Å². The molecule has 2 rings (SSSR count). The maximum atomic E-state index is 12.2. The Morgan fingerprint density at radius 1 is 1.11 bits per heavy atom. The van der Waals surface area contributed by atoms with Gasteiger partial charge in [0, 0.05) is 5.75 Å². The van der Waals surface area contributed by atoms with Crippen molar-refractivity contribution in [3.05, 3.63) is 65.7 Å². The first kappa shape index (κ1) is 21.1. The second-order valence-electron chi connectivity index (χ2n) is 5.85. The van der Waals surface area contributed by atoms with E-state index in [-0.39, 0.29) is 23.5 Å². The van der Waals surface area contributed by atoms with Gasteiger partial charge in [-0.15, -0.1) is 24.9 Å². The number of ether oxygens (including phenoxy) is 1. The van der Waals surface area contributed by atoms with Gasteiger partial charge < -0.3 is 15.2 Å². The second kappa shape index (κ2) is 9.66. The lowest BCUT2D eigenvalue weighted by Crippen LogP contribution is -2.28. The number of hydrogen-bond acceptors (Lipinski definition) is 4. The van der Waals surface area contributed by atoms with Gasteiger partial charge in [0.05, 0.1) is 17.9 Å². The van der Waals surface area contributed by atoms with Crippen LogP contribution in [0.4, 0.5) is 13.2 Å². The van der Waals surface area contributed by atoms with Gasteiger partial charge in [0.1, 0.15) is 5.75 Å². The van der Waals surface area contributed by atoms with E-state index in [1.165, 1.54) is 36.0 Å². The number of carbonyl (C=O) groups excluding carboxylic acids is 1. The molecule has 0 aliphatic carbocycles. The van der Waals surface area contributed by atoms with E-state index >= 15 is 0 Å². The number of aliphatic hydroxyl groups is 1. The number of rotatable bonds is 8. The van der Waals surface area contributed by atoms with Crippen LogP contribution in [0.25, 0.3) is 0 Å². The van der Waals surface area contributed by atoms with E-state index in [0.29, 0.717) is 11.3 Å². The maximum absolute atomic E-state index is 12.2. The molecule has 2 aromatic carbocycles. The van der Waals surface area contributed by atoms with E-state index in [9.17, 15) is 23.1 Å². The van der Waals surface area contributed by atoms with Crippen molar-refractivity contribution in [2.24, 2.45) is 0 Å². The van der Waals surface area contributed by atoms with E-state index in [2.05, 4.69) is 10.1 Å². The number of amides is 1. The second-order valence-corrected chi connectivity index (χ2v) is 6.88. The summed E-state index contributed by atoms with van der Waals surface area (Å²) < 4.78 is 40.3. The number of hydrogen-bond donors (Lipinski definition) is 2. The van der Waals surface area contributed by atoms with Gasteiger partial charge in [-0.3, -0.25) is 4.79 Å². The summed E-state index contributed by atoms with van der Waals surface area (Å²) >= 11 is 1.30. The zero-order chi connectivity index (χ0) is 19.9. The molecule has 0 aromatic heterocycles. The molecule has 0 fully saturated rings. The first-order valence-electron chi connectivity index (χ1n) is 8.20. The van der Waals surface area contributed by atoms with Crippen molar-refractivity contribution in [1.82, 2.24) is 5.32 Å². The molecule has 0 aliphatic rings. The van der Waals surface area contributed by atoms with Crippen molar-refractivity contribution >= 4 is 17.7 Å². The topological polar surface area (TPSA) is 58.6 Å². The highest BCUT2D eigenvalue weighted by Gasteiger charge is 2.31. The van der Waals surface area contributed by atoms with Gasteiger partial charge in [-0.05, 0) is 30.2 Å². The van der Waals surface area contributed by atoms with E-state index < -0.39 is 12.5 Å². The number of nitrogens with one attached hydrogen (secondary N) is 1. The van der Waals surface area contributed by atoms with Gasteiger partial charge in [-0.2, -0.15) is 0 Å². The van der Waals surface area contributed by atoms with Crippen LogP contribution < -0.4 is 10.1 Å². The Hall–Kier alpha value is -2.19. The zero-order valence-electron chi connectivity index (χ0n) is 14.6. The van der Waals surface area contributed by atoms with Crippen LogP contribution in [-0.2, 0) is 4.79 Å². The SMILES string of the molecule is CC(NC(=O)CSCC(O)c1ccccc1)c1ccc(OC(F)(F)F)cc1. The number of aliphatic hydroxyl groups excluding tert-OH is 1. The van der Waals surface area contributed by atoms with Crippen molar-refractivity contribution in [3.8, 4) is 5.75 Å². The first-order valence-corrected chi connectivity index (χ1v) is 9.36. The quantitative estimate of drug-likeness (QED) is 0.698. The summed E-state index contributed by atoms with van der Waals surface area (Å²) in [5.74, 6) is 0.0253. The molecule has 0 heterocycles. The highest BCUT2D eigenvalue weighted by atomic mass is 32.2. The fraction of sp³-hybridized carbons (Fsp3) is 0.316. The normalized spacial score (nSPS) is 13.7. The van der Waals surface area contributed by atoms with Crippen LogP contribution in [-0.4, -0.2) is 28.9 Å². The van der Waals surface area contributed by atoms with Crippen LogP contribution in [0.3, 0.4) is 0 Å². The summed E-state index contributed by atoms with van der Waals surface area (Å²) in [6.45, 7) is 1.74. The molecule has 2 aromatic rings. The van der Waals surface area contributed by atoms with Gasteiger partial charge in [0.2, 0.25) is 5.91 Å². The predicted molar refractivity (Wildman–Crippen MR) is 98.4 cm³/mol. The molecular formula is C19H20F3NO3S. The minimum absolute atomic E-state index is 0.170. The van der Waals surface area contributed by atoms with Gasteiger partial charge >= 0.3 is 6.36 Å². The minimum Gasteiger partial charge on any atom is -0.406 e.